The summed E-state index contributed by atoms with van der Waals surface area (Å²) in [5.41, 5.74) is 0.931. The molecule has 18 heavy (non-hydrogen) atoms. The van der Waals surface area contributed by atoms with Gasteiger partial charge in [0.25, 0.3) is 0 Å². The SMILES string of the molecule is C(=C\c1cccs1)/c1nnc(-c2ccccc2)o1. The highest BCUT2D eigenvalue weighted by molar-refractivity contribution is 7.10. The quantitative estimate of drug-likeness (QED) is 0.710. The molecule has 3 aromatic rings. The van der Waals surface area contributed by atoms with Gasteiger partial charge in [0.15, 0.2) is 0 Å². The Labute approximate surface area is 108 Å². The Kier molecular flexibility index (Phi) is 3.02. The standard InChI is InChI=1S/C14H10N2OS/c1-2-5-11(6-3-1)14-16-15-13(17-14)9-8-12-7-4-10-18-12/h1-10H/b9-8+. The topological polar surface area (TPSA) is 38.9 Å². The van der Waals surface area contributed by atoms with Gasteiger partial charge in [-0.3, -0.25) is 0 Å². The van der Waals surface area contributed by atoms with Crippen molar-refractivity contribution < 1.29 is 4.42 Å². The second-order valence-electron chi connectivity index (χ2n) is 3.66. The lowest BCUT2D eigenvalue weighted by Gasteiger charge is -1.90. The normalized spacial score (nSPS) is 11.1. The summed E-state index contributed by atoms with van der Waals surface area (Å²) in [6.07, 6.45) is 3.79. The van der Waals surface area contributed by atoms with Gasteiger partial charge in [0, 0.05) is 16.5 Å². The van der Waals surface area contributed by atoms with Gasteiger partial charge in [0.05, 0.1) is 0 Å². The summed E-state index contributed by atoms with van der Waals surface area (Å²) in [5, 5.41) is 10.0. The van der Waals surface area contributed by atoms with E-state index in [0.717, 1.165) is 10.4 Å². The third-order valence-corrected chi connectivity index (χ3v) is 3.23. The lowest BCUT2D eigenvalue weighted by molar-refractivity contribution is 0.558. The zero-order valence-electron chi connectivity index (χ0n) is 9.48. The molecule has 3 rings (SSSR count). The minimum Gasteiger partial charge on any atom is -0.417 e. The van der Waals surface area contributed by atoms with Crippen molar-refractivity contribution >= 4 is 23.5 Å². The minimum absolute atomic E-state index is 0.516. The predicted molar refractivity (Wildman–Crippen MR) is 73.0 cm³/mol. The molecule has 88 valence electrons. The van der Waals surface area contributed by atoms with Crippen LogP contribution in [0.5, 0.6) is 0 Å². The summed E-state index contributed by atoms with van der Waals surface area (Å²) in [6, 6.07) is 13.8. The molecule has 0 atom stereocenters. The van der Waals surface area contributed by atoms with E-state index in [1.165, 1.54) is 0 Å². The maximum Gasteiger partial charge on any atom is 0.248 e. The number of benzene rings is 1. The highest BCUT2D eigenvalue weighted by atomic mass is 32.1. The van der Waals surface area contributed by atoms with Gasteiger partial charge in [-0.25, -0.2) is 0 Å². The van der Waals surface area contributed by atoms with E-state index >= 15 is 0 Å². The fourth-order valence-electron chi connectivity index (χ4n) is 1.54. The third-order valence-electron chi connectivity index (χ3n) is 2.39. The van der Waals surface area contributed by atoms with Gasteiger partial charge in [-0.2, -0.15) is 0 Å². The fourth-order valence-corrected chi connectivity index (χ4v) is 2.16. The first-order chi connectivity index (χ1) is 8.92. The van der Waals surface area contributed by atoms with Gasteiger partial charge >= 0.3 is 0 Å². The van der Waals surface area contributed by atoms with Gasteiger partial charge in [0.1, 0.15) is 0 Å². The van der Waals surface area contributed by atoms with Crippen molar-refractivity contribution in [3.8, 4) is 11.5 Å². The fraction of sp³-hybridized carbons (Fsp3) is 0. The van der Waals surface area contributed by atoms with Gasteiger partial charge in [-0.1, -0.05) is 24.3 Å². The van der Waals surface area contributed by atoms with Crippen LogP contribution >= 0.6 is 11.3 Å². The smallest absolute Gasteiger partial charge is 0.248 e. The largest absolute Gasteiger partial charge is 0.417 e. The molecule has 3 nitrogen and oxygen atoms in total. The number of aromatic nitrogens is 2. The van der Waals surface area contributed by atoms with Crippen LogP contribution in [0.4, 0.5) is 0 Å². The molecule has 1 aromatic carbocycles. The molecule has 2 heterocycles. The molecule has 0 amide bonds. The number of hydrogen-bond acceptors (Lipinski definition) is 4. The number of nitrogens with zero attached hydrogens (tertiary/aromatic N) is 2. The number of thiophene rings is 1. The molecule has 0 radical (unpaired) electrons. The molecular formula is C14H10N2OS. The van der Waals surface area contributed by atoms with Crippen LogP contribution in [0.15, 0.2) is 52.3 Å². The van der Waals surface area contributed by atoms with Gasteiger partial charge in [0.2, 0.25) is 11.8 Å². The maximum absolute atomic E-state index is 5.56. The van der Waals surface area contributed by atoms with E-state index in [0.29, 0.717) is 11.8 Å². The molecule has 0 aliphatic carbocycles. The lowest BCUT2D eigenvalue weighted by Crippen LogP contribution is -1.75. The average Bonchev–Trinajstić information content (AvgIpc) is 3.09. The second kappa shape index (κ2) is 4.98. The van der Waals surface area contributed by atoms with Gasteiger partial charge < -0.3 is 4.42 Å². The molecule has 0 spiro atoms. The molecule has 4 heteroatoms. The summed E-state index contributed by atoms with van der Waals surface area (Å²) >= 11 is 1.67. The molecule has 0 aliphatic heterocycles. The van der Waals surface area contributed by atoms with Crippen LogP contribution < -0.4 is 0 Å². The Morgan fingerprint density at radius 3 is 2.61 bits per heavy atom. The van der Waals surface area contributed by atoms with Crippen LogP contribution in [0.1, 0.15) is 10.8 Å². The zero-order valence-corrected chi connectivity index (χ0v) is 10.3. The van der Waals surface area contributed by atoms with Crippen molar-refractivity contribution in [2.45, 2.75) is 0 Å². The van der Waals surface area contributed by atoms with E-state index in [1.54, 1.807) is 11.3 Å². The Hall–Kier alpha value is -2.20. The highest BCUT2D eigenvalue weighted by Crippen LogP contribution is 2.18. The summed E-state index contributed by atoms with van der Waals surface area (Å²) in [7, 11) is 0. The monoisotopic (exact) mass is 254 g/mol. The zero-order chi connectivity index (χ0) is 12.2. The van der Waals surface area contributed by atoms with Crippen molar-refractivity contribution in [2.75, 3.05) is 0 Å². The van der Waals surface area contributed by atoms with Crippen molar-refractivity contribution in [1.82, 2.24) is 10.2 Å². The molecule has 0 saturated carbocycles. The molecule has 0 unspecified atom stereocenters. The minimum atomic E-state index is 0.516. The molecule has 0 saturated heterocycles. The molecule has 0 bridgehead atoms. The summed E-state index contributed by atoms with van der Waals surface area (Å²) in [4.78, 5) is 1.16. The van der Waals surface area contributed by atoms with Crippen LogP contribution in [-0.2, 0) is 0 Å². The van der Waals surface area contributed by atoms with Crippen LogP contribution in [-0.4, -0.2) is 10.2 Å². The Bertz CT molecular complexity index is 642. The Morgan fingerprint density at radius 2 is 1.83 bits per heavy atom. The molecule has 0 fully saturated rings. The first-order valence-electron chi connectivity index (χ1n) is 5.52. The van der Waals surface area contributed by atoms with Crippen molar-refractivity contribution in [2.24, 2.45) is 0 Å². The summed E-state index contributed by atoms with van der Waals surface area (Å²) in [5.74, 6) is 1.06. The first-order valence-corrected chi connectivity index (χ1v) is 6.40. The summed E-state index contributed by atoms with van der Waals surface area (Å²) < 4.78 is 5.56. The van der Waals surface area contributed by atoms with E-state index in [4.69, 9.17) is 4.42 Å². The van der Waals surface area contributed by atoms with Crippen molar-refractivity contribution in [3.63, 3.8) is 0 Å². The van der Waals surface area contributed by atoms with E-state index in [-0.39, 0.29) is 0 Å². The molecule has 0 aliphatic rings. The number of rotatable bonds is 3. The van der Waals surface area contributed by atoms with Gasteiger partial charge in [-0.05, 0) is 29.7 Å². The van der Waals surface area contributed by atoms with E-state index < -0.39 is 0 Å². The van der Waals surface area contributed by atoms with Crippen LogP contribution in [0.25, 0.3) is 23.6 Å². The van der Waals surface area contributed by atoms with E-state index in [9.17, 15) is 0 Å². The van der Waals surface area contributed by atoms with E-state index in [2.05, 4.69) is 10.2 Å². The third kappa shape index (κ3) is 2.38. The van der Waals surface area contributed by atoms with Crippen molar-refractivity contribution in [1.29, 1.82) is 0 Å². The summed E-state index contributed by atoms with van der Waals surface area (Å²) in [6.45, 7) is 0. The molecule has 0 N–H and O–H groups in total. The van der Waals surface area contributed by atoms with E-state index in [1.807, 2.05) is 60.0 Å². The number of hydrogen-bond donors (Lipinski definition) is 0. The van der Waals surface area contributed by atoms with Crippen LogP contribution in [0.2, 0.25) is 0 Å². The van der Waals surface area contributed by atoms with Crippen LogP contribution in [0, 0.1) is 0 Å². The molecular weight excluding hydrogens is 244 g/mol. The Morgan fingerprint density at radius 1 is 0.944 bits per heavy atom. The highest BCUT2D eigenvalue weighted by Gasteiger charge is 2.05. The first kappa shape index (κ1) is 10.9. The van der Waals surface area contributed by atoms with Crippen LogP contribution in [0.3, 0.4) is 0 Å². The second-order valence-corrected chi connectivity index (χ2v) is 4.64. The lowest BCUT2D eigenvalue weighted by atomic mass is 10.2. The van der Waals surface area contributed by atoms with Gasteiger partial charge in [-0.15, -0.1) is 21.5 Å². The predicted octanol–water partition coefficient (Wildman–Crippen LogP) is 3.97. The average molecular weight is 254 g/mol. The maximum atomic E-state index is 5.56. The Balaban J connectivity index is 1.82. The van der Waals surface area contributed by atoms with Crippen molar-refractivity contribution in [3.05, 3.63) is 58.6 Å². The molecule has 2 aromatic heterocycles.